The number of aliphatic hydroxyl groups is 1. The van der Waals surface area contributed by atoms with Crippen molar-refractivity contribution >= 4 is 0 Å². The number of rotatable bonds is 4. The first-order valence-electron chi connectivity index (χ1n) is 4.74. The average Bonchev–Trinajstić information content (AvgIpc) is 2.76. The largest absolute Gasteiger partial charge is 0.396 e. The van der Waals surface area contributed by atoms with Gasteiger partial charge in [0, 0.05) is 31.0 Å². The molecule has 78 valence electrons. The molecule has 2 heterocycles. The van der Waals surface area contributed by atoms with E-state index in [9.17, 15) is 0 Å². The van der Waals surface area contributed by atoms with Gasteiger partial charge >= 0.3 is 0 Å². The Labute approximate surface area is 86.8 Å². The van der Waals surface area contributed by atoms with Crippen molar-refractivity contribution < 1.29 is 9.63 Å². The molecule has 1 N–H and O–H groups in total. The molecular formula is C10H11N3O2. The molecule has 2 aromatic heterocycles. The summed E-state index contributed by atoms with van der Waals surface area (Å²) in [4.78, 5) is 8.11. The van der Waals surface area contributed by atoms with Crippen molar-refractivity contribution in [2.75, 3.05) is 6.61 Å². The summed E-state index contributed by atoms with van der Waals surface area (Å²) < 4.78 is 5.03. The lowest BCUT2D eigenvalue weighted by Gasteiger charge is -1.90. The minimum atomic E-state index is 0.132. The van der Waals surface area contributed by atoms with Crippen LogP contribution >= 0.6 is 0 Å². The Morgan fingerprint density at radius 2 is 2.07 bits per heavy atom. The number of hydrogen-bond acceptors (Lipinski definition) is 5. The third kappa shape index (κ3) is 2.38. The Hall–Kier alpha value is -1.75. The highest BCUT2D eigenvalue weighted by atomic mass is 16.5. The van der Waals surface area contributed by atoms with Gasteiger partial charge in [0.05, 0.1) is 0 Å². The van der Waals surface area contributed by atoms with Crippen LogP contribution < -0.4 is 0 Å². The number of aromatic nitrogens is 3. The van der Waals surface area contributed by atoms with Crippen molar-refractivity contribution in [3.05, 3.63) is 30.4 Å². The fourth-order valence-electron chi connectivity index (χ4n) is 1.20. The van der Waals surface area contributed by atoms with Crippen molar-refractivity contribution in [2.24, 2.45) is 0 Å². The van der Waals surface area contributed by atoms with Crippen LogP contribution in [0.2, 0.25) is 0 Å². The van der Waals surface area contributed by atoms with Crippen LogP contribution in [0.1, 0.15) is 12.3 Å². The van der Waals surface area contributed by atoms with Gasteiger partial charge < -0.3 is 9.63 Å². The molecule has 0 unspecified atom stereocenters. The summed E-state index contributed by atoms with van der Waals surface area (Å²) in [6.07, 6.45) is 4.60. The van der Waals surface area contributed by atoms with E-state index in [1.54, 1.807) is 12.4 Å². The van der Waals surface area contributed by atoms with Crippen LogP contribution in [0.15, 0.2) is 29.0 Å². The second kappa shape index (κ2) is 4.65. The Kier molecular flexibility index (Phi) is 3.04. The molecule has 0 bridgehead atoms. The van der Waals surface area contributed by atoms with Gasteiger partial charge in [0.1, 0.15) is 0 Å². The Balaban J connectivity index is 2.14. The van der Waals surface area contributed by atoms with Crippen molar-refractivity contribution in [3.63, 3.8) is 0 Å². The van der Waals surface area contributed by atoms with E-state index in [-0.39, 0.29) is 6.61 Å². The number of aryl methyl sites for hydroxylation is 1. The van der Waals surface area contributed by atoms with E-state index in [2.05, 4.69) is 15.1 Å². The zero-order valence-corrected chi connectivity index (χ0v) is 8.13. The molecule has 0 radical (unpaired) electrons. The predicted octanol–water partition coefficient (Wildman–Crippen LogP) is 1.06. The molecule has 0 saturated heterocycles. The Bertz CT molecular complexity index is 414. The molecule has 0 aliphatic rings. The van der Waals surface area contributed by atoms with Crippen molar-refractivity contribution in [1.29, 1.82) is 0 Å². The molecule has 2 rings (SSSR count). The van der Waals surface area contributed by atoms with Crippen molar-refractivity contribution in [3.8, 4) is 11.4 Å². The summed E-state index contributed by atoms with van der Waals surface area (Å²) in [6, 6.07) is 3.64. The predicted molar refractivity (Wildman–Crippen MR) is 52.9 cm³/mol. The third-order valence-corrected chi connectivity index (χ3v) is 1.96. The molecule has 0 fully saturated rings. The number of pyridine rings is 1. The second-order valence-electron chi connectivity index (χ2n) is 3.07. The van der Waals surface area contributed by atoms with Gasteiger partial charge in [-0.25, -0.2) is 0 Å². The maximum absolute atomic E-state index is 8.65. The van der Waals surface area contributed by atoms with E-state index in [4.69, 9.17) is 9.63 Å². The Morgan fingerprint density at radius 3 is 2.80 bits per heavy atom. The molecule has 0 aliphatic heterocycles. The first-order chi connectivity index (χ1) is 7.40. The summed E-state index contributed by atoms with van der Waals surface area (Å²) in [7, 11) is 0. The highest BCUT2D eigenvalue weighted by Crippen LogP contribution is 2.14. The highest BCUT2D eigenvalue weighted by molar-refractivity contribution is 5.52. The standard InChI is InChI=1S/C10H11N3O2/c14-7-1-2-9-12-10(13-15-9)8-3-5-11-6-4-8/h3-6,14H,1-2,7H2. The molecule has 0 atom stereocenters. The minimum absolute atomic E-state index is 0.132. The van der Waals surface area contributed by atoms with Gasteiger partial charge in [0.15, 0.2) is 0 Å². The summed E-state index contributed by atoms with van der Waals surface area (Å²) in [5.41, 5.74) is 0.879. The molecule has 5 nitrogen and oxygen atoms in total. The fraction of sp³-hybridized carbons (Fsp3) is 0.300. The van der Waals surface area contributed by atoms with Crippen LogP contribution in [0.3, 0.4) is 0 Å². The molecule has 2 aromatic rings. The quantitative estimate of drug-likeness (QED) is 0.807. The lowest BCUT2D eigenvalue weighted by molar-refractivity contribution is 0.278. The zero-order valence-electron chi connectivity index (χ0n) is 8.13. The number of hydrogen-bond donors (Lipinski definition) is 1. The monoisotopic (exact) mass is 205 g/mol. The van der Waals surface area contributed by atoms with E-state index in [0.717, 1.165) is 5.56 Å². The summed E-state index contributed by atoms with van der Waals surface area (Å²) in [5.74, 6) is 1.11. The van der Waals surface area contributed by atoms with E-state index >= 15 is 0 Å². The average molecular weight is 205 g/mol. The van der Waals surface area contributed by atoms with Crippen LogP contribution in [-0.4, -0.2) is 26.8 Å². The molecule has 0 saturated carbocycles. The van der Waals surface area contributed by atoms with Gasteiger partial charge in [-0.1, -0.05) is 5.16 Å². The van der Waals surface area contributed by atoms with Crippen LogP contribution in [0.5, 0.6) is 0 Å². The third-order valence-electron chi connectivity index (χ3n) is 1.96. The summed E-state index contributed by atoms with van der Waals surface area (Å²) in [5, 5.41) is 12.5. The molecule has 0 spiro atoms. The number of nitrogens with zero attached hydrogens (tertiary/aromatic N) is 3. The highest BCUT2D eigenvalue weighted by Gasteiger charge is 2.07. The van der Waals surface area contributed by atoms with E-state index < -0.39 is 0 Å². The van der Waals surface area contributed by atoms with Crippen molar-refractivity contribution in [1.82, 2.24) is 15.1 Å². The lowest BCUT2D eigenvalue weighted by atomic mass is 10.2. The molecule has 0 amide bonds. The fourth-order valence-corrected chi connectivity index (χ4v) is 1.20. The van der Waals surface area contributed by atoms with Crippen LogP contribution in [0, 0.1) is 0 Å². The molecular weight excluding hydrogens is 194 g/mol. The topological polar surface area (TPSA) is 72.0 Å². The summed E-state index contributed by atoms with van der Waals surface area (Å²) >= 11 is 0. The van der Waals surface area contributed by atoms with Gasteiger partial charge in [-0.2, -0.15) is 4.98 Å². The van der Waals surface area contributed by atoms with Gasteiger partial charge in [0.25, 0.3) is 0 Å². The summed E-state index contributed by atoms with van der Waals surface area (Å²) in [6.45, 7) is 0.132. The first-order valence-corrected chi connectivity index (χ1v) is 4.74. The van der Waals surface area contributed by atoms with Crippen molar-refractivity contribution in [2.45, 2.75) is 12.8 Å². The van der Waals surface area contributed by atoms with Gasteiger partial charge in [-0.05, 0) is 18.6 Å². The normalized spacial score (nSPS) is 10.5. The Morgan fingerprint density at radius 1 is 1.27 bits per heavy atom. The molecule has 0 aliphatic carbocycles. The zero-order chi connectivity index (χ0) is 10.5. The van der Waals surface area contributed by atoms with E-state index in [1.165, 1.54) is 0 Å². The van der Waals surface area contributed by atoms with Crippen LogP contribution in [0.4, 0.5) is 0 Å². The van der Waals surface area contributed by atoms with Crippen LogP contribution in [0.25, 0.3) is 11.4 Å². The maximum atomic E-state index is 8.65. The molecule has 0 aromatic carbocycles. The minimum Gasteiger partial charge on any atom is -0.396 e. The SMILES string of the molecule is OCCCc1nc(-c2ccncc2)no1. The maximum Gasteiger partial charge on any atom is 0.227 e. The smallest absolute Gasteiger partial charge is 0.227 e. The second-order valence-corrected chi connectivity index (χ2v) is 3.07. The van der Waals surface area contributed by atoms with Gasteiger partial charge in [-0.3, -0.25) is 4.98 Å². The van der Waals surface area contributed by atoms with E-state index in [0.29, 0.717) is 24.6 Å². The van der Waals surface area contributed by atoms with Crippen LogP contribution in [-0.2, 0) is 6.42 Å². The van der Waals surface area contributed by atoms with E-state index in [1.807, 2.05) is 12.1 Å². The van der Waals surface area contributed by atoms with Gasteiger partial charge in [-0.15, -0.1) is 0 Å². The lowest BCUT2D eigenvalue weighted by Crippen LogP contribution is -1.89. The molecule has 5 heteroatoms. The van der Waals surface area contributed by atoms with Gasteiger partial charge in [0.2, 0.25) is 11.7 Å². The molecule has 15 heavy (non-hydrogen) atoms. The number of aliphatic hydroxyl groups excluding tert-OH is 1. The first kappa shape index (κ1) is 9.79.